The molecule has 6 nitrogen and oxygen atoms in total. The number of ether oxygens (including phenoxy) is 2. The molecule has 24 heavy (non-hydrogen) atoms. The van der Waals surface area contributed by atoms with Crippen LogP contribution in [-0.4, -0.2) is 18.8 Å². The van der Waals surface area contributed by atoms with Crippen LogP contribution in [0.3, 0.4) is 0 Å². The predicted octanol–water partition coefficient (Wildman–Crippen LogP) is 4.31. The molecule has 2 N–H and O–H groups in total. The zero-order valence-electron chi connectivity index (χ0n) is 13.0. The molecule has 2 aromatic carbocycles. The van der Waals surface area contributed by atoms with Crippen LogP contribution >= 0.6 is 15.9 Å². The van der Waals surface area contributed by atoms with Gasteiger partial charge in [0.15, 0.2) is 0 Å². The van der Waals surface area contributed by atoms with Crippen molar-refractivity contribution in [1.82, 2.24) is 5.32 Å². The van der Waals surface area contributed by atoms with Crippen molar-refractivity contribution in [2.24, 2.45) is 0 Å². The first-order valence-electron chi connectivity index (χ1n) is 7.31. The van der Waals surface area contributed by atoms with Crippen LogP contribution in [0.1, 0.15) is 12.5 Å². The normalized spacial score (nSPS) is 9.92. The lowest BCUT2D eigenvalue weighted by atomic mass is 10.2. The number of nitrogens with one attached hydrogen (secondary N) is 2. The Morgan fingerprint density at radius 2 is 1.71 bits per heavy atom. The maximum absolute atomic E-state index is 11.9. The highest BCUT2D eigenvalue weighted by Crippen LogP contribution is 2.16. The van der Waals surface area contributed by atoms with Gasteiger partial charge in [-0.2, -0.15) is 0 Å². The lowest BCUT2D eigenvalue weighted by Gasteiger charge is -2.09. The summed E-state index contributed by atoms with van der Waals surface area (Å²) in [5.41, 5.74) is 1.58. The minimum absolute atomic E-state index is 0.247. The second-order valence-electron chi connectivity index (χ2n) is 4.74. The Morgan fingerprint density at radius 1 is 1.04 bits per heavy atom. The van der Waals surface area contributed by atoms with Crippen LogP contribution in [0, 0.1) is 0 Å². The van der Waals surface area contributed by atoms with E-state index < -0.39 is 6.16 Å². The number of hydrogen-bond acceptors (Lipinski definition) is 4. The number of carbonyl (C=O) groups excluding carboxylic acids is 2. The van der Waals surface area contributed by atoms with Crippen LogP contribution in [0.5, 0.6) is 5.75 Å². The minimum Gasteiger partial charge on any atom is -0.434 e. The van der Waals surface area contributed by atoms with E-state index in [1.54, 1.807) is 31.2 Å². The molecule has 0 unspecified atom stereocenters. The van der Waals surface area contributed by atoms with Gasteiger partial charge in [-0.1, -0.05) is 28.1 Å². The molecule has 0 bridgehead atoms. The predicted molar refractivity (Wildman–Crippen MR) is 94.1 cm³/mol. The van der Waals surface area contributed by atoms with E-state index in [0.29, 0.717) is 18.0 Å². The second-order valence-corrected chi connectivity index (χ2v) is 5.66. The van der Waals surface area contributed by atoms with Gasteiger partial charge in [0.2, 0.25) is 0 Å². The van der Waals surface area contributed by atoms with Crippen molar-refractivity contribution in [3.8, 4) is 5.75 Å². The van der Waals surface area contributed by atoms with E-state index in [1.807, 2.05) is 24.3 Å². The van der Waals surface area contributed by atoms with Gasteiger partial charge in [-0.25, -0.2) is 9.59 Å². The summed E-state index contributed by atoms with van der Waals surface area (Å²) in [5, 5.41) is 5.46. The van der Waals surface area contributed by atoms with E-state index in [4.69, 9.17) is 4.74 Å². The Morgan fingerprint density at radius 3 is 2.33 bits per heavy atom. The molecule has 0 saturated carbocycles. The maximum atomic E-state index is 11.9. The van der Waals surface area contributed by atoms with Gasteiger partial charge in [-0.3, -0.25) is 0 Å². The highest BCUT2D eigenvalue weighted by Gasteiger charge is 2.06. The van der Waals surface area contributed by atoms with E-state index in [1.165, 1.54) is 0 Å². The summed E-state index contributed by atoms with van der Waals surface area (Å²) >= 11 is 3.36. The fraction of sp³-hybridized carbons (Fsp3) is 0.176. The van der Waals surface area contributed by atoms with Crippen molar-refractivity contribution < 1.29 is 19.1 Å². The third kappa shape index (κ3) is 5.92. The van der Waals surface area contributed by atoms with Gasteiger partial charge in [0, 0.05) is 16.7 Å². The first kappa shape index (κ1) is 17.8. The molecule has 2 amide bonds. The third-order valence-electron chi connectivity index (χ3n) is 2.94. The summed E-state index contributed by atoms with van der Waals surface area (Å²) in [6.07, 6.45) is -0.759. The van der Waals surface area contributed by atoms with Gasteiger partial charge in [0.05, 0.1) is 6.61 Å². The largest absolute Gasteiger partial charge is 0.513 e. The molecule has 0 aromatic heterocycles. The van der Waals surface area contributed by atoms with Gasteiger partial charge in [-0.05, 0) is 48.9 Å². The molecule has 0 aliphatic carbocycles. The van der Waals surface area contributed by atoms with Crippen molar-refractivity contribution in [2.75, 3.05) is 11.9 Å². The standard InChI is InChI=1S/C17H17BrN2O4/c1-2-23-17(22)24-15-9-7-14(8-10-15)20-16(21)19-11-12-3-5-13(18)6-4-12/h3-10H,2,11H2,1H3,(H2,19,20,21). The van der Waals surface area contributed by atoms with Crippen molar-refractivity contribution in [1.29, 1.82) is 0 Å². The molecular formula is C17H17BrN2O4. The van der Waals surface area contributed by atoms with E-state index in [-0.39, 0.29) is 12.6 Å². The van der Waals surface area contributed by atoms with Crippen LogP contribution in [0.2, 0.25) is 0 Å². The molecule has 0 spiro atoms. The first-order valence-corrected chi connectivity index (χ1v) is 8.10. The number of halogens is 1. The topological polar surface area (TPSA) is 76.7 Å². The zero-order valence-corrected chi connectivity index (χ0v) is 14.6. The molecule has 0 heterocycles. The fourth-order valence-electron chi connectivity index (χ4n) is 1.81. The monoisotopic (exact) mass is 392 g/mol. The van der Waals surface area contributed by atoms with Crippen LogP contribution in [0.15, 0.2) is 53.0 Å². The summed E-state index contributed by atoms with van der Waals surface area (Å²) in [6.45, 7) is 2.36. The number of benzene rings is 2. The quantitative estimate of drug-likeness (QED) is 0.587. The van der Waals surface area contributed by atoms with Gasteiger partial charge in [0.25, 0.3) is 0 Å². The molecule has 7 heteroatoms. The average Bonchev–Trinajstić information content (AvgIpc) is 2.56. The Bertz CT molecular complexity index is 687. The molecular weight excluding hydrogens is 376 g/mol. The lowest BCUT2D eigenvalue weighted by molar-refractivity contribution is 0.104. The number of carbonyl (C=O) groups is 2. The van der Waals surface area contributed by atoms with Crippen molar-refractivity contribution in [2.45, 2.75) is 13.5 Å². The molecule has 0 atom stereocenters. The van der Waals surface area contributed by atoms with Crippen LogP contribution in [0.4, 0.5) is 15.3 Å². The third-order valence-corrected chi connectivity index (χ3v) is 3.47. The van der Waals surface area contributed by atoms with Crippen molar-refractivity contribution in [3.05, 3.63) is 58.6 Å². The molecule has 2 rings (SSSR count). The van der Waals surface area contributed by atoms with Gasteiger partial charge < -0.3 is 20.1 Å². The number of hydrogen-bond donors (Lipinski definition) is 2. The summed E-state index contributed by atoms with van der Waals surface area (Å²) < 4.78 is 10.6. The number of amides is 2. The number of urea groups is 1. The molecule has 126 valence electrons. The Hall–Kier alpha value is -2.54. The maximum Gasteiger partial charge on any atom is 0.513 e. The fourth-order valence-corrected chi connectivity index (χ4v) is 2.07. The Balaban J connectivity index is 1.81. The SMILES string of the molecule is CCOC(=O)Oc1ccc(NC(=O)NCc2ccc(Br)cc2)cc1. The van der Waals surface area contributed by atoms with E-state index >= 15 is 0 Å². The van der Waals surface area contributed by atoms with Gasteiger partial charge in [0.1, 0.15) is 5.75 Å². The van der Waals surface area contributed by atoms with E-state index in [0.717, 1.165) is 10.0 Å². The molecule has 0 aliphatic heterocycles. The first-order chi connectivity index (χ1) is 11.6. The summed E-state index contributed by atoms with van der Waals surface area (Å²) in [4.78, 5) is 23.1. The second kappa shape index (κ2) is 8.93. The molecule has 0 saturated heterocycles. The minimum atomic E-state index is -0.759. The Kier molecular flexibility index (Phi) is 6.62. The molecule has 2 aromatic rings. The zero-order chi connectivity index (χ0) is 17.4. The lowest BCUT2D eigenvalue weighted by Crippen LogP contribution is -2.28. The van der Waals surface area contributed by atoms with Crippen molar-refractivity contribution in [3.63, 3.8) is 0 Å². The smallest absolute Gasteiger partial charge is 0.434 e. The average molecular weight is 393 g/mol. The van der Waals surface area contributed by atoms with Crippen LogP contribution in [-0.2, 0) is 11.3 Å². The molecule has 0 aliphatic rings. The summed E-state index contributed by atoms with van der Waals surface area (Å²) in [7, 11) is 0. The summed E-state index contributed by atoms with van der Waals surface area (Å²) in [5.74, 6) is 0.342. The van der Waals surface area contributed by atoms with Gasteiger partial charge >= 0.3 is 12.2 Å². The van der Waals surface area contributed by atoms with Crippen LogP contribution in [0.25, 0.3) is 0 Å². The highest BCUT2D eigenvalue weighted by atomic mass is 79.9. The van der Waals surface area contributed by atoms with E-state index in [2.05, 4.69) is 31.3 Å². The van der Waals surface area contributed by atoms with E-state index in [9.17, 15) is 9.59 Å². The highest BCUT2D eigenvalue weighted by molar-refractivity contribution is 9.10. The molecule has 0 fully saturated rings. The van der Waals surface area contributed by atoms with Crippen molar-refractivity contribution >= 4 is 33.8 Å². The molecule has 0 radical (unpaired) electrons. The number of anilines is 1. The van der Waals surface area contributed by atoms with Crippen LogP contribution < -0.4 is 15.4 Å². The van der Waals surface area contributed by atoms with Gasteiger partial charge in [-0.15, -0.1) is 0 Å². The number of rotatable bonds is 5. The summed E-state index contributed by atoms with van der Waals surface area (Å²) in [6, 6.07) is 13.8. The Labute approximate surface area is 148 Å².